The summed E-state index contributed by atoms with van der Waals surface area (Å²) < 4.78 is 33.8. The average molecular weight is 765 g/mol. The second-order valence-electron chi connectivity index (χ2n) is 14.8. The van der Waals surface area contributed by atoms with E-state index in [9.17, 15) is 9.59 Å². The minimum Gasteiger partial charge on any atom is -0.496 e. The Labute approximate surface area is 326 Å². The van der Waals surface area contributed by atoms with E-state index < -0.39 is 5.60 Å². The molecular formula is C42H48N6O8. The van der Waals surface area contributed by atoms with Crippen LogP contribution in [-0.4, -0.2) is 73.2 Å². The number of benzene rings is 2. The van der Waals surface area contributed by atoms with Gasteiger partial charge in [-0.05, 0) is 97.2 Å². The topological polar surface area (TPSA) is 155 Å². The Morgan fingerprint density at radius 3 is 1.96 bits per heavy atom. The molecule has 1 N–H and O–H groups in total. The number of aromatic nitrogens is 3. The van der Waals surface area contributed by atoms with Crippen molar-refractivity contribution in [3.8, 4) is 45.3 Å². The molecule has 56 heavy (non-hydrogen) atoms. The van der Waals surface area contributed by atoms with Crippen molar-refractivity contribution in [2.24, 2.45) is 5.92 Å². The molecule has 0 bridgehead atoms. The van der Waals surface area contributed by atoms with Gasteiger partial charge in [0.05, 0.1) is 54.7 Å². The lowest BCUT2D eigenvalue weighted by Gasteiger charge is -2.39. The number of pyridine rings is 1. The number of rotatable bonds is 8. The van der Waals surface area contributed by atoms with Gasteiger partial charge < -0.3 is 43.1 Å². The molecule has 0 aliphatic carbocycles. The molecule has 0 atom stereocenters. The molecule has 294 valence electrons. The van der Waals surface area contributed by atoms with Gasteiger partial charge in [0.15, 0.2) is 12.2 Å². The van der Waals surface area contributed by atoms with Gasteiger partial charge in [-0.3, -0.25) is 14.6 Å². The summed E-state index contributed by atoms with van der Waals surface area (Å²) in [4.78, 5) is 33.5. The summed E-state index contributed by atoms with van der Waals surface area (Å²) in [6.07, 6.45) is 5.62. The fourth-order valence-electron chi connectivity index (χ4n) is 7.64. The van der Waals surface area contributed by atoms with E-state index in [4.69, 9.17) is 28.0 Å². The van der Waals surface area contributed by atoms with Crippen molar-refractivity contribution in [3.63, 3.8) is 0 Å². The summed E-state index contributed by atoms with van der Waals surface area (Å²) in [6, 6.07) is 11.4. The zero-order chi connectivity index (χ0) is 39.7. The number of nitrogens with one attached hydrogen (secondary N) is 1. The van der Waals surface area contributed by atoms with E-state index in [1.54, 1.807) is 45.4 Å². The number of amides is 2. The minimum atomic E-state index is -1.00. The lowest BCUT2D eigenvalue weighted by Crippen LogP contribution is -2.52. The zero-order valence-corrected chi connectivity index (χ0v) is 33.1. The predicted octanol–water partition coefficient (Wildman–Crippen LogP) is 6.76. The normalized spacial score (nSPS) is 16.3. The van der Waals surface area contributed by atoms with E-state index in [0.717, 1.165) is 76.6 Å². The first-order chi connectivity index (χ1) is 26.9. The molecule has 2 aromatic carbocycles. The molecule has 0 radical (unpaired) electrons. The van der Waals surface area contributed by atoms with E-state index in [2.05, 4.69) is 20.6 Å². The largest absolute Gasteiger partial charge is 0.496 e. The summed E-state index contributed by atoms with van der Waals surface area (Å²) in [6.45, 7) is 14.2. The number of nitrogens with zero attached hydrogens (tertiary/aromatic N) is 5. The third-order valence-corrected chi connectivity index (χ3v) is 10.5. The molecule has 3 aromatic heterocycles. The van der Waals surface area contributed by atoms with Crippen LogP contribution < -0.4 is 34.1 Å². The first-order valence-electron chi connectivity index (χ1n) is 18.7. The molecule has 2 amide bonds. The molecule has 3 aliphatic rings. The molecule has 8 rings (SSSR count). The summed E-state index contributed by atoms with van der Waals surface area (Å²) >= 11 is 0. The summed E-state index contributed by atoms with van der Waals surface area (Å²) in [5.74, 6) is 4.38. The third-order valence-electron chi connectivity index (χ3n) is 10.5. The molecule has 5 aromatic rings. The summed E-state index contributed by atoms with van der Waals surface area (Å²) in [7, 11) is 3.23. The van der Waals surface area contributed by atoms with Gasteiger partial charge in [-0.1, -0.05) is 16.4 Å². The number of aryl methyl sites for hydroxylation is 4. The van der Waals surface area contributed by atoms with Crippen molar-refractivity contribution >= 4 is 23.2 Å². The maximum absolute atomic E-state index is 13.2. The van der Waals surface area contributed by atoms with Crippen molar-refractivity contribution in [2.45, 2.75) is 66.5 Å². The molecule has 3 aliphatic heterocycles. The van der Waals surface area contributed by atoms with Crippen molar-refractivity contribution in [1.82, 2.24) is 20.6 Å². The van der Waals surface area contributed by atoms with Crippen LogP contribution in [0.4, 0.5) is 11.4 Å². The van der Waals surface area contributed by atoms with Gasteiger partial charge in [0.1, 0.15) is 34.5 Å². The lowest BCUT2D eigenvalue weighted by atomic mass is 9.96. The van der Waals surface area contributed by atoms with E-state index in [-0.39, 0.29) is 18.4 Å². The first-order valence-corrected chi connectivity index (χ1v) is 18.7. The highest BCUT2D eigenvalue weighted by molar-refractivity contribution is 6.03. The fraction of sp³-hybridized carbons (Fsp3) is 0.405. The number of carbonyl (C=O) groups excluding carboxylic acids is 2. The molecule has 0 spiro atoms. The number of anilines is 2. The van der Waals surface area contributed by atoms with Crippen molar-refractivity contribution in [3.05, 3.63) is 77.3 Å². The van der Waals surface area contributed by atoms with Crippen LogP contribution in [0.1, 0.15) is 55.2 Å². The maximum atomic E-state index is 13.2. The van der Waals surface area contributed by atoms with Crippen LogP contribution in [0.15, 0.2) is 57.8 Å². The van der Waals surface area contributed by atoms with Gasteiger partial charge in [0.2, 0.25) is 0 Å². The smallest absolute Gasteiger partial charge is 0.271 e. The van der Waals surface area contributed by atoms with E-state index >= 15 is 0 Å². The SMILES string of the molecule is COc1cc2c(cc1-c1c(C)noc1C)OC(C)(C)C(=O)N2Cc1cccnc1.COc1cc2c(cc1-c1c(C)noc1C)OCC(=O)N2CC1CCNCC1. The van der Waals surface area contributed by atoms with Gasteiger partial charge in [0, 0.05) is 42.2 Å². The standard InChI is InChI=1S/C22H23N3O4.C20H25N3O4/c1-13-20(14(2)29-24-13)16-9-19-17(10-18(16)27-5)25(21(26)22(3,4)28-19)12-15-7-6-8-23-11-15;1-12-20(13(2)27-22-12)15-8-18-16(9-17(15)25-3)23(19(24)11-26-18)10-14-4-6-21-7-5-14/h6-11H,12H2,1-5H3;8-9,14,21H,4-7,10-11H2,1-3H3. The Morgan fingerprint density at radius 1 is 0.839 bits per heavy atom. The Hall–Kier alpha value is -5.89. The summed E-state index contributed by atoms with van der Waals surface area (Å²) in [5.41, 5.74) is 6.36. The average Bonchev–Trinajstić information content (AvgIpc) is 3.72. The molecular weight excluding hydrogens is 716 g/mol. The number of hydrogen-bond donors (Lipinski definition) is 1. The van der Waals surface area contributed by atoms with E-state index in [0.29, 0.717) is 53.5 Å². The second kappa shape index (κ2) is 15.7. The van der Waals surface area contributed by atoms with Crippen molar-refractivity contribution in [2.75, 3.05) is 50.3 Å². The quantitative estimate of drug-likeness (QED) is 0.178. The van der Waals surface area contributed by atoms with Gasteiger partial charge >= 0.3 is 0 Å². The van der Waals surface area contributed by atoms with Gasteiger partial charge in [-0.25, -0.2) is 0 Å². The number of hydrogen-bond acceptors (Lipinski definition) is 12. The van der Waals surface area contributed by atoms with Crippen LogP contribution >= 0.6 is 0 Å². The predicted molar refractivity (Wildman–Crippen MR) is 210 cm³/mol. The number of methoxy groups -OCH3 is 2. The first kappa shape index (κ1) is 38.4. The Bertz CT molecular complexity index is 2200. The highest BCUT2D eigenvalue weighted by Gasteiger charge is 2.42. The molecule has 0 saturated carbocycles. The Kier molecular flexibility index (Phi) is 10.8. The third kappa shape index (κ3) is 7.40. The zero-order valence-electron chi connectivity index (χ0n) is 33.1. The molecule has 1 fully saturated rings. The Morgan fingerprint density at radius 2 is 1.43 bits per heavy atom. The second-order valence-corrected chi connectivity index (χ2v) is 14.8. The van der Waals surface area contributed by atoms with Crippen LogP contribution in [0, 0.1) is 33.6 Å². The monoisotopic (exact) mass is 764 g/mol. The lowest BCUT2D eigenvalue weighted by molar-refractivity contribution is -0.132. The highest BCUT2D eigenvalue weighted by atomic mass is 16.5. The Balaban J connectivity index is 0.000000172. The van der Waals surface area contributed by atoms with Crippen LogP contribution in [0.5, 0.6) is 23.0 Å². The fourth-order valence-corrected chi connectivity index (χ4v) is 7.64. The number of carbonyl (C=O) groups is 2. The van der Waals surface area contributed by atoms with E-state index in [1.807, 2.05) is 69.0 Å². The molecule has 6 heterocycles. The highest BCUT2D eigenvalue weighted by Crippen LogP contribution is 2.47. The van der Waals surface area contributed by atoms with Crippen molar-refractivity contribution < 1.29 is 37.6 Å². The van der Waals surface area contributed by atoms with Crippen LogP contribution in [0.2, 0.25) is 0 Å². The molecule has 14 heteroatoms. The van der Waals surface area contributed by atoms with Gasteiger partial charge in [-0.2, -0.15) is 0 Å². The van der Waals surface area contributed by atoms with Crippen molar-refractivity contribution in [1.29, 1.82) is 0 Å². The summed E-state index contributed by atoms with van der Waals surface area (Å²) in [5, 5.41) is 11.5. The molecule has 0 unspecified atom stereocenters. The number of piperidine rings is 1. The number of fused-ring (bicyclic) bond motifs is 2. The van der Waals surface area contributed by atoms with E-state index in [1.165, 1.54) is 0 Å². The van der Waals surface area contributed by atoms with Crippen LogP contribution in [-0.2, 0) is 16.1 Å². The van der Waals surface area contributed by atoms with Gasteiger partial charge in [-0.15, -0.1) is 0 Å². The number of ether oxygens (including phenoxy) is 4. The molecule has 14 nitrogen and oxygen atoms in total. The van der Waals surface area contributed by atoms with Crippen LogP contribution in [0.25, 0.3) is 22.3 Å². The van der Waals surface area contributed by atoms with Crippen LogP contribution in [0.3, 0.4) is 0 Å². The maximum Gasteiger partial charge on any atom is 0.271 e. The molecule has 1 saturated heterocycles. The van der Waals surface area contributed by atoms with Gasteiger partial charge in [0.25, 0.3) is 11.8 Å². The minimum absolute atomic E-state index is 0.00632.